The zero-order valence-electron chi connectivity index (χ0n) is 12.8. The number of aromatic nitrogens is 3. The van der Waals surface area contributed by atoms with Crippen LogP contribution in [0.15, 0.2) is 22.7 Å². The smallest absolute Gasteiger partial charge is 0.0918 e. The fourth-order valence-corrected chi connectivity index (χ4v) is 4.26. The van der Waals surface area contributed by atoms with Gasteiger partial charge < -0.3 is 5.32 Å². The number of halogens is 1. The molecule has 22 heavy (non-hydrogen) atoms. The van der Waals surface area contributed by atoms with Crippen molar-refractivity contribution in [2.24, 2.45) is 0 Å². The quantitative estimate of drug-likeness (QED) is 0.880. The molecule has 0 saturated heterocycles. The summed E-state index contributed by atoms with van der Waals surface area (Å²) in [4.78, 5) is 0. The van der Waals surface area contributed by atoms with Crippen molar-refractivity contribution < 1.29 is 0 Å². The van der Waals surface area contributed by atoms with Crippen LogP contribution in [0.3, 0.4) is 0 Å². The highest BCUT2D eigenvalue weighted by Gasteiger charge is 2.27. The first-order valence-corrected chi connectivity index (χ1v) is 8.97. The molecule has 4 nitrogen and oxygen atoms in total. The van der Waals surface area contributed by atoms with Crippen molar-refractivity contribution in [1.29, 1.82) is 0 Å². The van der Waals surface area contributed by atoms with Crippen LogP contribution < -0.4 is 5.32 Å². The maximum absolute atomic E-state index is 4.33. The van der Waals surface area contributed by atoms with E-state index in [1.165, 1.54) is 42.5 Å². The molecule has 1 aromatic carbocycles. The van der Waals surface area contributed by atoms with Crippen LogP contribution in [-0.4, -0.2) is 21.0 Å². The number of hydrogen-bond donors (Lipinski definition) is 1. The second-order valence-corrected chi connectivity index (χ2v) is 7.38. The summed E-state index contributed by atoms with van der Waals surface area (Å²) in [5.41, 5.74) is 4.85. The van der Waals surface area contributed by atoms with E-state index in [2.05, 4.69) is 61.4 Å². The van der Waals surface area contributed by atoms with Crippen LogP contribution in [0.2, 0.25) is 0 Å². The lowest BCUT2D eigenvalue weighted by Gasteiger charge is -2.23. The largest absolute Gasteiger partial charge is 0.307 e. The molecule has 1 aromatic heterocycles. The van der Waals surface area contributed by atoms with E-state index in [4.69, 9.17) is 0 Å². The average Bonchev–Trinajstić information content (AvgIpc) is 3.10. The number of aryl methyl sites for hydroxylation is 2. The predicted octanol–water partition coefficient (Wildman–Crippen LogP) is 3.99. The second kappa shape index (κ2) is 5.78. The summed E-state index contributed by atoms with van der Waals surface area (Å²) in [6.45, 7) is 2.97. The first-order chi connectivity index (χ1) is 10.7. The third kappa shape index (κ3) is 2.50. The van der Waals surface area contributed by atoms with Crippen LogP contribution >= 0.6 is 15.9 Å². The normalized spacial score (nSPS) is 21.5. The zero-order chi connectivity index (χ0) is 15.1. The standard InChI is InChI=1S/C17H21BrN4/c1-11-17-14-7-6-12(18)10-15(14)16(8-9-22(17)21-20-11)19-13-4-2-3-5-13/h6-7,10,13,16,19H,2-5,8-9H2,1H3. The van der Waals surface area contributed by atoms with Gasteiger partial charge in [0, 0.05) is 28.7 Å². The first kappa shape index (κ1) is 14.4. The Hall–Kier alpha value is -1.20. The Morgan fingerprint density at radius 3 is 2.86 bits per heavy atom. The molecule has 1 aliphatic heterocycles. The molecule has 1 fully saturated rings. The summed E-state index contributed by atoms with van der Waals surface area (Å²) < 4.78 is 3.21. The Bertz CT molecular complexity index is 688. The molecule has 5 heteroatoms. The van der Waals surface area contributed by atoms with Gasteiger partial charge in [0.15, 0.2) is 0 Å². The summed E-state index contributed by atoms with van der Waals surface area (Å²) in [5.74, 6) is 0. The van der Waals surface area contributed by atoms with Crippen LogP contribution in [0.1, 0.15) is 49.4 Å². The van der Waals surface area contributed by atoms with E-state index in [0.29, 0.717) is 12.1 Å². The molecule has 0 amide bonds. The fourth-order valence-electron chi connectivity index (χ4n) is 3.88. The van der Waals surface area contributed by atoms with Gasteiger partial charge in [-0.15, -0.1) is 5.10 Å². The van der Waals surface area contributed by atoms with Crippen molar-refractivity contribution >= 4 is 15.9 Å². The average molecular weight is 361 g/mol. The molecule has 0 spiro atoms. The van der Waals surface area contributed by atoms with Crippen molar-refractivity contribution in [1.82, 2.24) is 20.3 Å². The molecule has 4 rings (SSSR count). The molecule has 1 unspecified atom stereocenters. The lowest BCUT2D eigenvalue weighted by atomic mass is 9.96. The molecule has 1 atom stereocenters. The Kier molecular flexibility index (Phi) is 3.78. The van der Waals surface area contributed by atoms with Gasteiger partial charge in [-0.1, -0.05) is 40.1 Å². The highest BCUT2D eigenvalue weighted by atomic mass is 79.9. The number of rotatable bonds is 2. The maximum atomic E-state index is 4.33. The lowest BCUT2D eigenvalue weighted by molar-refractivity contribution is 0.398. The van der Waals surface area contributed by atoms with Gasteiger partial charge in [-0.25, -0.2) is 4.68 Å². The summed E-state index contributed by atoms with van der Waals surface area (Å²) >= 11 is 3.64. The van der Waals surface area contributed by atoms with Crippen LogP contribution in [-0.2, 0) is 6.54 Å². The van der Waals surface area contributed by atoms with Gasteiger partial charge in [0.1, 0.15) is 0 Å². The van der Waals surface area contributed by atoms with E-state index in [1.54, 1.807) is 0 Å². The predicted molar refractivity (Wildman–Crippen MR) is 90.6 cm³/mol. The van der Waals surface area contributed by atoms with Crippen LogP contribution in [0.5, 0.6) is 0 Å². The molecule has 2 aromatic rings. The number of fused-ring (bicyclic) bond motifs is 3. The van der Waals surface area contributed by atoms with Crippen LogP contribution in [0.4, 0.5) is 0 Å². The second-order valence-electron chi connectivity index (χ2n) is 6.47. The molecular weight excluding hydrogens is 340 g/mol. The van der Waals surface area contributed by atoms with Crippen LogP contribution in [0, 0.1) is 6.92 Å². The van der Waals surface area contributed by atoms with Crippen molar-refractivity contribution in [2.45, 2.75) is 57.7 Å². The summed E-state index contributed by atoms with van der Waals surface area (Å²) in [6.07, 6.45) is 6.41. The Morgan fingerprint density at radius 1 is 1.23 bits per heavy atom. The van der Waals surface area contributed by atoms with Gasteiger partial charge in [0.05, 0.1) is 11.4 Å². The molecule has 2 heterocycles. The molecule has 2 aliphatic rings. The molecule has 0 radical (unpaired) electrons. The van der Waals surface area contributed by atoms with E-state index >= 15 is 0 Å². The van der Waals surface area contributed by atoms with Gasteiger partial charge in [-0.2, -0.15) is 0 Å². The molecular formula is C17H21BrN4. The van der Waals surface area contributed by atoms with E-state index in [-0.39, 0.29) is 0 Å². The van der Waals surface area contributed by atoms with Crippen molar-refractivity contribution in [3.63, 3.8) is 0 Å². The maximum Gasteiger partial charge on any atom is 0.0918 e. The molecule has 1 saturated carbocycles. The zero-order valence-corrected chi connectivity index (χ0v) is 14.4. The monoisotopic (exact) mass is 360 g/mol. The molecule has 0 bridgehead atoms. The SMILES string of the molecule is Cc1nnn2c1-c1ccc(Br)cc1C(NC1CCCC1)CC2. The van der Waals surface area contributed by atoms with Crippen molar-refractivity contribution in [3.8, 4) is 11.3 Å². The van der Waals surface area contributed by atoms with E-state index in [0.717, 1.165) is 23.1 Å². The lowest BCUT2D eigenvalue weighted by Crippen LogP contribution is -2.31. The van der Waals surface area contributed by atoms with Gasteiger partial charge in [-0.3, -0.25) is 0 Å². The van der Waals surface area contributed by atoms with Gasteiger partial charge in [-0.05, 0) is 43.9 Å². The first-order valence-electron chi connectivity index (χ1n) is 8.18. The number of hydrogen-bond acceptors (Lipinski definition) is 3. The molecule has 116 valence electrons. The minimum Gasteiger partial charge on any atom is -0.307 e. The Morgan fingerprint density at radius 2 is 2.05 bits per heavy atom. The highest BCUT2D eigenvalue weighted by molar-refractivity contribution is 9.10. The van der Waals surface area contributed by atoms with Crippen molar-refractivity contribution in [3.05, 3.63) is 33.9 Å². The van der Waals surface area contributed by atoms with E-state index < -0.39 is 0 Å². The van der Waals surface area contributed by atoms with Crippen LogP contribution in [0.25, 0.3) is 11.3 Å². The molecule has 1 aliphatic carbocycles. The van der Waals surface area contributed by atoms with E-state index in [9.17, 15) is 0 Å². The van der Waals surface area contributed by atoms with Gasteiger partial charge >= 0.3 is 0 Å². The third-order valence-corrected chi connectivity index (χ3v) is 5.46. The fraction of sp³-hybridized carbons (Fsp3) is 0.529. The molecule has 1 N–H and O–H groups in total. The minimum atomic E-state index is 0.400. The van der Waals surface area contributed by atoms with Gasteiger partial charge in [0.2, 0.25) is 0 Å². The summed E-state index contributed by atoms with van der Waals surface area (Å²) in [5, 5.41) is 12.5. The Balaban J connectivity index is 1.77. The number of nitrogens with zero attached hydrogens (tertiary/aromatic N) is 3. The third-order valence-electron chi connectivity index (χ3n) is 4.97. The highest BCUT2D eigenvalue weighted by Crippen LogP contribution is 2.37. The summed E-state index contributed by atoms with van der Waals surface area (Å²) in [6, 6.07) is 7.66. The summed E-state index contributed by atoms with van der Waals surface area (Å²) in [7, 11) is 0. The minimum absolute atomic E-state index is 0.400. The Labute approximate surface area is 139 Å². The number of benzene rings is 1. The van der Waals surface area contributed by atoms with Crippen molar-refractivity contribution in [2.75, 3.05) is 0 Å². The van der Waals surface area contributed by atoms with Gasteiger partial charge in [0.25, 0.3) is 0 Å². The van der Waals surface area contributed by atoms with E-state index in [1.807, 2.05) is 0 Å². The topological polar surface area (TPSA) is 42.7 Å². The number of nitrogens with one attached hydrogen (secondary N) is 1.